The molecule has 1 aromatic carbocycles. The predicted octanol–water partition coefficient (Wildman–Crippen LogP) is 3.19. The van der Waals surface area contributed by atoms with Gasteiger partial charge in [-0.1, -0.05) is 20.8 Å². The Hall–Kier alpha value is -4.36. The van der Waals surface area contributed by atoms with Crippen molar-refractivity contribution in [3.63, 3.8) is 0 Å². The zero-order valence-corrected chi connectivity index (χ0v) is 38.3. The highest BCUT2D eigenvalue weighted by Crippen LogP contribution is 2.68. The number of rotatable bonds is 25. The number of nitrogens with one attached hydrogen (secondary N) is 4. The lowest BCUT2D eigenvalue weighted by atomic mass is 9.43. The number of nitrogens with two attached hydrogens (primary N) is 1. The van der Waals surface area contributed by atoms with Crippen molar-refractivity contribution >= 4 is 41.3 Å². The van der Waals surface area contributed by atoms with Crippen molar-refractivity contribution in [1.82, 2.24) is 21.4 Å². The lowest BCUT2D eigenvalue weighted by Gasteiger charge is -2.63. The maximum atomic E-state index is 12.6. The first-order chi connectivity index (χ1) is 30.9. The van der Waals surface area contributed by atoms with Crippen LogP contribution in [0.3, 0.4) is 0 Å². The van der Waals surface area contributed by atoms with Gasteiger partial charge in [0.2, 0.25) is 17.7 Å². The van der Waals surface area contributed by atoms with Gasteiger partial charge in [-0.3, -0.25) is 28.8 Å². The molecule has 10 N–H and O–H groups in total. The summed E-state index contributed by atoms with van der Waals surface area (Å²) in [5.41, 5.74) is 8.52. The highest BCUT2D eigenvalue weighted by atomic mass is 16.7. The molecule has 18 heteroatoms. The van der Waals surface area contributed by atoms with Crippen molar-refractivity contribution in [3.8, 4) is 0 Å². The van der Waals surface area contributed by atoms with Gasteiger partial charge in [-0.2, -0.15) is 0 Å². The number of amides is 4. The number of carboxylic acids is 2. The number of nitrogen functional groups attached to an aromatic ring is 1. The molecule has 1 aromatic rings. The Kier molecular flexibility index (Phi) is 19.0. The lowest BCUT2D eigenvalue weighted by Crippen LogP contribution is -2.62. The van der Waals surface area contributed by atoms with Gasteiger partial charge in [0.05, 0.1) is 38.1 Å². The number of ether oxygens (including phenoxy) is 2. The number of hydrogen-bond acceptors (Lipinski definition) is 12. The van der Waals surface area contributed by atoms with Gasteiger partial charge in [0.15, 0.2) is 0 Å². The van der Waals surface area contributed by atoms with Crippen molar-refractivity contribution in [3.05, 3.63) is 29.8 Å². The molecule has 0 heterocycles. The highest BCUT2D eigenvalue weighted by molar-refractivity contribution is 5.96. The summed E-state index contributed by atoms with van der Waals surface area (Å²) in [5.74, 6) is -2.52. The van der Waals surface area contributed by atoms with E-state index in [1.165, 1.54) is 12.1 Å². The number of unbranched alkanes of at least 4 members (excludes halogenated alkanes) is 1. The summed E-state index contributed by atoms with van der Waals surface area (Å²) < 4.78 is 10.8. The van der Waals surface area contributed by atoms with Gasteiger partial charge < -0.3 is 51.6 Å². The number of anilines is 1. The third kappa shape index (κ3) is 13.6. The fourth-order valence-corrected chi connectivity index (χ4v) is 11.8. The van der Waals surface area contributed by atoms with E-state index < -0.39 is 42.0 Å². The molecule has 0 radical (unpaired) electrons. The van der Waals surface area contributed by atoms with Crippen LogP contribution in [-0.2, 0) is 38.3 Å². The van der Waals surface area contributed by atoms with Crippen LogP contribution in [-0.4, -0.2) is 120 Å². The second-order valence-corrected chi connectivity index (χ2v) is 19.4. The minimum Gasteiger partial charge on any atom is -0.481 e. The van der Waals surface area contributed by atoms with Gasteiger partial charge in [-0.25, -0.2) is 10.3 Å². The summed E-state index contributed by atoms with van der Waals surface area (Å²) in [6, 6.07) is 5.08. The van der Waals surface area contributed by atoms with E-state index in [2.05, 4.69) is 42.2 Å². The second-order valence-electron chi connectivity index (χ2n) is 19.4. The Morgan fingerprint density at radius 1 is 0.800 bits per heavy atom. The van der Waals surface area contributed by atoms with Gasteiger partial charge in [0, 0.05) is 43.6 Å². The minimum atomic E-state index is -1.15. The molecule has 4 saturated carbocycles. The van der Waals surface area contributed by atoms with Gasteiger partial charge in [0.25, 0.3) is 5.91 Å². The molecule has 364 valence electrons. The Morgan fingerprint density at radius 3 is 2.23 bits per heavy atom. The molecule has 18 nitrogen and oxygen atoms in total. The van der Waals surface area contributed by atoms with Gasteiger partial charge >= 0.3 is 11.9 Å². The van der Waals surface area contributed by atoms with Crippen LogP contribution in [0, 0.1) is 46.3 Å². The van der Waals surface area contributed by atoms with E-state index in [0.717, 1.165) is 25.7 Å². The molecule has 5 rings (SSSR count). The Morgan fingerprint density at radius 2 is 1.51 bits per heavy atom. The van der Waals surface area contributed by atoms with Crippen LogP contribution in [0.5, 0.6) is 0 Å². The van der Waals surface area contributed by atoms with Crippen LogP contribution in [0.15, 0.2) is 24.3 Å². The third-order valence-corrected chi connectivity index (χ3v) is 15.4. The van der Waals surface area contributed by atoms with Crippen molar-refractivity contribution in [2.75, 3.05) is 45.3 Å². The number of hydroxylamine groups is 1. The molecule has 0 saturated heterocycles. The van der Waals surface area contributed by atoms with Crippen molar-refractivity contribution in [2.45, 2.75) is 135 Å². The van der Waals surface area contributed by atoms with E-state index in [1.54, 1.807) is 12.1 Å². The van der Waals surface area contributed by atoms with E-state index >= 15 is 0 Å². The molecule has 0 bridgehead atoms. The predicted molar refractivity (Wildman–Crippen MR) is 238 cm³/mol. The van der Waals surface area contributed by atoms with Crippen molar-refractivity contribution in [2.24, 2.45) is 46.3 Å². The standard InChI is InChI=1S/C47H73N5O13/c1-28(7-16-42(58)59)33-12-13-34-43-35(26-38(54)47(33,34)3)46(2)18-17-32(24-30(46)25-37(43)53)65-52-40(56)15-14-39(55)50-20-21-63-22-23-64-27-41(57)49-19-5-4-6-36(45(61)62)51-44(60)29-8-10-31(48)11-9-29/h8-11,28,30,32-38,43,53-54H,4-7,12-27,48H2,1-3H3,(H,49,57)(H,50,55)(H,51,60)(H,52,56)(H,58,59)(H,61,62)/t28-,30+,32+,33-,34?,35?,36?,37-,38+,43+,46+,47-/m1/s1. The third-order valence-electron chi connectivity index (χ3n) is 15.4. The number of aliphatic carboxylic acids is 2. The van der Waals surface area contributed by atoms with E-state index in [-0.39, 0.29) is 123 Å². The quantitative estimate of drug-likeness (QED) is 0.0387. The van der Waals surface area contributed by atoms with Gasteiger partial charge in [-0.15, -0.1) is 0 Å². The lowest BCUT2D eigenvalue weighted by molar-refractivity contribution is -0.212. The van der Waals surface area contributed by atoms with Gasteiger partial charge in [0.1, 0.15) is 12.6 Å². The number of carbonyl (C=O) groups excluding carboxylic acids is 4. The molecule has 4 aliphatic carbocycles. The number of hydrogen-bond donors (Lipinski definition) is 9. The van der Waals surface area contributed by atoms with Gasteiger partial charge in [-0.05, 0) is 141 Å². The minimum absolute atomic E-state index is 0.0309. The molecular formula is C47H73N5O13. The van der Waals surface area contributed by atoms with Crippen LogP contribution in [0.25, 0.3) is 0 Å². The van der Waals surface area contributed by atoms with E-state index in [1.807, 2.05) is 0 Å². The van der Waals surface area contributed by atoms with E-state index in [0.29, 0.717) is 56.3 Å². The molecule has 3 unspecified atom stereocenters. The summed E-state index contributed by atoms with van der Waals surface area (Å²) in [7, 11) is 0. The monoisotopic (exact) mass is 916 g/mol. The summed E-state index contributed by atoms with van der Waals surface area (Å²) in [6.07, 6.45) is 5.92. The fourth-order valence-electron chi connectivity index (χ4n) is 11.8. The Bertz CT molecular complexity index is 1780. The number of aliphatic hydroxyl groups excluding tert-OH is 2. The van der Waals surface area contributed by atoms with E-state index in [9.17, 15) is 49.2 Å². The molecular weight excluding hydrogens is 843 g/mol. The number of carbonyl (C=O) groups is 6. The second kappa shape index (κ2) is 23.9. The summed E-state index contributed by atoms with van der Waals surface area (Å²) in [6.45, 7) is 7.52. The summed E-state index contributed by atoms with van der Waals surface area (Å²) >= 11 is 0. The molecule has 0 spiro atoms. The van der Waals surface area contributed by atoms with Crippen LogP contribution < -0.4 is 27.2 Å². The average Bonchev–Trinajstić information content (AvgIpc) is 3.63. The number of fused-ring (bicyclic) bond motifs is 5. The smallest absolute Gasteiger partial charge is 0.326 e. The highest BCUT2D eigenvalue weighted by Gasteiger charge is 2.65. The Balaban J connectivity index is 0.880. The summed E-state index contributed by atoms with van der Waals surface area (Å²) in [4.78, 5) is 78.2. The first kappa shape index (κ1) is 51.6. The van der Waals surface area contributed by atoms with Crippen molar-refractivity contribution in [1.29, 1.82) is 0 Å². The molecule has 65 heavy (non-hydrogen) atoms. The van der Waals surface area contributed by atoms with Crippen LogP contribution >= 0.6 is 0 Å². The topological polar surface area (TPSA) is 285 Å². The number of aliphatic hydroxyl groups is 2. The molecule has 4 amide bonds. The SMILES string of the molecule is C[C@H](CCC(=O)O)[C@H]1CCC2[C@H]3C(C[C@H](O)[C@@]21C)[C@@]1(C)CC[C@H](ONC(=O)CCC(=O)NCCOCCOCC(=O)NCCCCC(NC(=O)c2ccc(N)cc2)C(=O)O)C[C@H]1C[C@H]3O. The van der Waals surface area contributed by atoms with Crippen LogP contribution in [0.4, 0.5) is 5.69 Å². The van der Waals surface area contributed by atoms with Crippen LogP contribution in [0.2, 0.25) is 0 Å². The average molecular weight is 916 g/mol. The zero-order chi connectivity index (χ0) is 47.3. The Labute approximate surface area is 381 Å². The first-order valence-corrected chi connectivity index (χ1v) is 23.5. The normalized spacial score (nSPS) is 30.1. The molecule has 12 atom stereocenters. The molecule has 0 aromatic heterocycles. The summed E-state index contributed by atoms with van der Waals surface area (Å²) in [5, 5.41) is 50.2. The first-order valence-electron chi connectivity index (χ1n) is 23.5. The van der Waals surface area contributed by atoms with E-state index in [4.69, 9.17) is 20.0 Å². The molecule has 4 aliphatic rings. The largest absolute Gasteiger partial charge is 0.481 e. The van der Waals surface area contributed by atoms with Crippen LogP contribution in [0.1, 0.15) is 121 Å². The zero-order valence-electron chi connectivity index (χ0n) is 38.3. The maximum Gasteiger partial charge on any atom is 0.326 e. The van der Waals surface area contributed by atoms with Crippen molar-refractivity contribution < 1.29 is 63.5 Å². The molecule has 4 fully saturated rings. The fraction of sp³-hybridized carbons (Fsp3) is 0.745. The number of carboxylic acid groups (broad SMARTS) is 2. The number of benzene rings is 1. The molecule has 0 aliphatic heterocycles. The maximum absolute atomic E-state index is 12.6.